The van der Waals surface area contributed by atoms with Gasteiger partial charge in [-0.15, -0.1) is 0 Å². The van der Waals surface area contributed by atoms with Gasteiger partial charge in [0.2, 0.25) is 5.91 Å². The van der Waals surface area contributed by atoms with E-state index in [2.05, 4.69) is 10.1 Å². The van der Waals surface area contributed by atoms with Gasteiger partial charge < -0.3 is 10.1 Å². The highest BCUT2D eigenvalue weighted by Gasteiger charge is 2.20. The number of rotatable bonds is 3. The SMILES string of the molecule is CCOC(=O)C(=O)c1ccc2c(c1)CCCC(=O)N2. The van der Waals surface area contributed by atoms with Crippen LogP contribution < -0.4 is 5.32 Å². The Balaban J connectivity index is 2.26. The van der Waals surface area contributed by atoms with Crippen LogP contribution in [0, 0.1) is 0 Å². The van der Waals surface area contributed by atoms with E-state index in [9.17, 15) is 14.4 Å². The summed E-state index contributed by atoms with van der Waals surface area (Å²) < 4.78 is 4.69. The average molecular weight is 261 g/mol. The summed E-state index contributed by atoms with van der Waals surface area (Å²) >= 11 is 0. The topological polar surface area (TPSA) is 72.5 Å². The van der Waals surface area contributed by atoms with E-state index < -0.39 is 11.8 Å². The minimum Gasteiger partial charge on any atom is -0.460 e. The Morgan fingerprint density at radius 1 is 1.32 bits per heavy atom. The number of carbonyl (C=O) groups is 3. The molecule has 0 spiro atoms. The smallest absolute Gasteiger partial charge is 0.379 e. The number of amides is 1. The lowest BCUT2D eigenvalue weighted by atomic mass is 10.0. The maximum Gasteiger partial charge on any atom is 0.379 e. The van der Waals surface area contributed by atoms with Gasteiger partial charge in [-0.2, -0.15) is 0 Å². The molecule has 0 radical (unpaired) electrons. The Kier molecular flexibility index (Phi) is 3.94. The summed E-state index contributed by atoms with van der Waals surface area (Å²) in [6, 6.07) is 4.84. The van der Waals surface area contributed by atoms with Gasteiger partial charge >= 0.3 is 5.97 Å². The zero-order valence-electron chi connectivity index (χ0n) is 10.7. The lowest BCUT2D eigenvalue weighted by Crippen LogP contribution is -2.18. The second-order valence-electron chi connectivity index (χ2n) is 4.32. The lowest BCUT2D eigenvalue weighted by molar-refractivity contribution is -0.137. The average Bonchev–Trinajstić information content (AvgIpc) is 2.58. The van der Waals surface area contributed by atoms with Gasteiger partial charge in [-0.3, -0.25) is 9.59 Å². The third-order valence-electron chi connectivity index (χ3n) is 2.95. The molecule has 1 aromatic carbocycles. The van der Waals surface area contributed by atoms with Crippen LogP contribution in [0.5, 0.6) is 0 Å². The molecule has 1 N–H and O–H groups in total. The molecule has 1 heterocycles. The molecule has 1 amide bonds. The zero-order chi connectivity index (χ0) is 13.8. The number of esters is 1. The van der Waals surface area contributed by atoms with Gasteiger partial charge in [-0.1, -0.05) is 0 Å². The number of hydrogen-bond donors (Lipinski definition) is 1. The third kappa shape index (κ3) is 2.99. The van der Waals surface area contributed by atoms with E-state index in [1.54, 1.807) is 19.1 Å². The van der Waals surface area contributed by atoms with Crippen molar-refractivity contribution in [2.24, 2.45) is 0 Å². The van der Waals surface area contributed by atoms with E-state index in [-0.39, 0.29) is 12.5 Å². The third-order valence-corrected chi connectivity index (χ3v) is 2.95. The number of aryl methyl sites for hydroxylation is 1. The Labute approximate surface area is 110 Å². The number of ketones is 1. The van der Waals surface area contributed by atoms with Crippen LogP contribution in [0.2, 0.25) is 0 Å². The molecule has 1 aromatic rings. The van der Waals surface area contributed by atoms with E-state index in [0.717, 1.165) is 12.0 Å². The Hall–Kier alpha value is -2.17. The van der Waals surface area contributed by atoms with E-state index >= 15 is 0 Å². The molecular formula is C14H15NO4. The molecule has 0 atom stereocenters. The maximum atomic E-state index is 11.8. The molecule has 19 heavy (non-hydrogen) atoms. The highest BCUT2D eigenvalue weighted by molar-refractivity contribution is 6.40. The molecule has 0 aromatic heterocycles. The Bertz CT molecular complexity index is 536. The Morgan fingerprint density at radius 3 is 2.84 bits per heavy atom. The molecule has 0 saturated heterocycles. The lowest BCUT2D eigenvalue weighted by Gasteiger charge is -2.08. The number of carbonyl (C=O) groups excluding carboxylic acids is 3. The van der Waals surface area contributed by atoms with Crippen LogP contribution in [0.25, 0.3) is 0 Å². The molecule has 5 heteroatoms. The van der Waals surface area contributed by atoms with Gasteiger partial charge in [0.1, 0.15) is 0 Å². The minimum atomic E-state index is -0.847. The van der Waals surface area contributed by atoms with E-state index in [4.69, 9.17) is 0 Å². The predicted octanol–water partition coefficient (Wildman–Crippen LogP) is 1.71. The van der Waals surface area contributed by atoms with Gasteiger partial charge in [0, 0.05) is 17.7 Å². The molecule has 2 rings (SSSR count). The van der Waals surface area contributed by atoms with E-state index in [0.29, 0.717) is 24.1 Å². The van der Waals surface area contributed by atoms with Crippen LogP contribution in [-0.4, -0.2) is 24.3 Å². The number of benzene rings is 1. The summed E-state index contributed by atoms with van der Waals surface area (Å²) in [5, 5.41) is 2.78. The van der Waals surface area contributed by atoms with Crippen LogP contribution in [0.4, 0.5) is 5.69 Å². The van der Waals surface area contributed by atoms with E-state index in [1.807, 2.05) is 0 Å². The van der Waals surface area contributed by atoms with Crippen molar-refractivity contribution in [1.29, 1.82) is 0 Å². The molecular weight excluding hydrogens is 246 g/mol. The fourth-order valence-electron chi connectivity index (χ4n) is 2.03. The molecule has 0 fully saturated rings. The van der Waals surface area contributed by atoms with Gasteiger partial charge in [-0.05, 0) is 43.5 Å². The van der Waals surface area contributed by atoms with Crippen molar-refractivity contribution in [3.8, 4) is 0 Å². The highest BCUT2D eigenvalue weighted by atomic mass is 16.5. The monoisotopic (exact) mass is 261 g/mol. The van der Waals surface area contributed by atoms with Gasteiger partial charge in [0.25, 0.3) is 5.78 Å². The normalized spacial score (nSPS) is 14.1. The van der Waals surface area contributed by atoms with Crippen LogP contribution in [0.3, 0.4) is 0 Å². The summed E-state index contributed by atoms with van der Waals surface area (Å²) in [7, 11) is 0. The van der Waals surface area contributed by atoms with Crippen molar-refractivity contribution in [1.82, 2.24) is 0 Å². The number of nitrogens with one attached hydrogen (secondary N) is 1. The second-order valence-corrected chi connectivity index (χ2v) is 4.32. The van der Waals surface area contributed by atoms with Crippen LogP contribution in [0.1, 0.15) is 35.7 Å². The summed E-state index contributed by atoms with van der Waals surface area (Å²) in [6.45, 7) is 1.82. The summed E-state index contributed by atoms with van der Waals surface area (Å²) in [4.78, 5) is 34.6. The van der Waals surface area contributed by atoms with Crippen molar-refractivity contribution in [3.05, 3.63) is 29.3 Å². The van der Waals surface area contributed by atoms with Crippen LogP contribution in [0.15, 0.2) is 18.2 Å². The van der Waals surface area contributed by atoms with Crippen molar-refractivity contribution < 1.29 is 19.1 Å². The zero-order valence-corrected chi connectivity index (χ0v) is 10.7. The molecule has 0 saturated carbocycles. The number of ether oxygens (including phenoxy) is 1. The molecule has 1 aliphatic heterocycles. The number of fused-ring (bicyclic) bond motifs is 1. The first kappa shape index (κ1) is 13.3. The van der Waals surface area contributed by atoms with Crippen molar-refractivity contribution >= 4 is 23.3 Å². The molecule has 100 valence electrons. The van der Waals surface area contributed by atoms with Crippen LogP contribution >= 0.6 is 0 Å². The Morgan fingerprint density at radius 2 is 2.11 bits per heavy atom. The summed E-state index contributed by atoms with van der Waals surface area (Å²) in [5.74, 6) is -1.52. The fourth-order valence-corrected chi connectivity index (χ4v) is 2.03. The fraction of sp³-hybridized carbons (Fsp3) is 0.357. The van der Waals surface area contributed by atoms with Gasteiger partial charge in [0.15, 0.2) is 0 Å². The summed E-state index contributed by atoms with van der Waals surface area (Å²) in [5.41, 5.74) is 1.89. The van der Waals surface area contributed by atoms with Gasteiger partial charge in [-0.25, -0.2) is 4.79 Å². The first-order chi connectivity index (χ1) is 9.11. The van der Waals surface area contributed by atoms with Crippen molar-refractivity contribution in [2.75, 3.05) is 11.9 Å². The van der Waals surface area contributed by atoms with Gasteiger partial charge in [0.05, 0.1) is 6.61 Å². The molecule has 1 aliphatic rings. The predicted molar refractivity (Wildman–Crippen MR) is 69.0 cm³/mol. The number of Topliss-reactive ketones (excluding diaryl/α,β-unsaturated/α-hetero) is 1. The second kappa shape index (κ2) is 5.65. The van der Waals surface area contributed by atoms with Crippen molar-refractivity contribution in [3.63, 3.8) is 0 Å². The molecule has 5 nitrogen and oxygen atoms in total. The van der Waals surface area contributed by atoms with E-state index in [1.165, 1.54) is 6.07 Å². The highest BCUT2D eigenvalue weighted by Crippen LogP contribution is 2.23. The number of hydrogen-bond acceptors (Lipinski definition) is 4. The molecule has 0 bridgehead atoms. The number of anilines is 1. The largest absolute Gasteiger partial charge is 0.460 e. The molecule has 0 aliphatic carbocycles. The van der Waals surface area contributed by atoms with Crippen LogP contribution in [-0.2, 0) is 20.7 Å². The maximum absolute atomic E-state index is 11.8. The molecule has 0 unspecified atom stereocenters. The summed E-state index contributed by atoms with van der Waals surface area (Å²) in [6.07, 6.45) is 1.91. The first-order valence-corrected chi connectivity index (χ1v) is 6.26. The van der Waals surface area contributed by atoms with Crippen molar-refractivity contribution in [2.45, 2.75) is 26.2 Å². The first-order valence-electron chi connectivity index (χ1n) is 6.26. The standard InChI is InChI=1S/C14H15NO4/c1-2-19-14(18)13(17)10-6-7-11-9(8-10)4-3-5-12(16)15-11/h6-8H,2-5H2,1H3,(H,15,16). The minimum absolute atomic E-state index is 0.0248. The quantitative estimate of drug-likeness (QED) is 0.510.